The summed E-state index contributed by atoms with van der Waals surface area (Å²) in [5.41, 5.74) is 1.49. The van der Waals surface area contributed by atoms with Gasteiger partial charge >= 0.3 is 0 Å². The first-order chi connectivity index (χ1) is 12.5. The van der Waals surface area contributed by atoms with Crippen LogP contribution in [-0.2, 0) is 4.79 Å². The molecular formula is C18H14ClFN2O3S. The van der Waals surface area contributed by atoms with Gasteiger partial charge in [0.2, 0.25) is 0 Å². The molecule has 26 heavy (non-hydrogen) atoms. The Morgan fingerprint density at radius 3 is 2.88 bits per heavy atom. The maximum Gasteiger partial charge on any atom is 0.264 e. The zero-order chi connectivity index (χ0) is 18.5. The van der Waals surface area contributed by atoms with Gasteiger partial charge in [0.15, 0.2) is 11.7 Å². The minimum atomic E-state index is -0.425. The molecule has 0 bridgehead atoms. The Morgan fingerprint density at radius 2 is 2.15 bits per heavy atom. The minimum Gasteiger partial charge on any atom is -0.495 e. The SMILES string of the molecule is COc1ccc(-c2csc(NC(=O)COc3cccc(F)c3)n2)cc1Cl. The number of benzene rings is 2. The average molecular weight is 393 g/mol. The number of methoxy groups -OCH3 is 1. The van der Waals surface area contributed by atoms with Gasteiger partial charge in [0.1, 0.15) is 17.3 Å². The first-order valence-electron chi connectivity index (χ1n) is 7.53. The summed E-state index contributed by atoms with van der Waals surface area (Å²) in [6.07, 6.45) is 0. The van der Waals surface area contributed by atoms with Crippen molar-refractivity contribution < 1.29 is 18.7 Å². The number of halogens is 2. The number of carbonyl (C=O) groups is 1. The van der Waals surface area contributed by atoms with Crippen LogP contribution in [0.15, 0.2) is 47.8 Å². The maximum absolute atomic E-state index is 13.1. The summed E-state index contributed by atoms with van der Waals surface area (Å²) in [5.74, 6) is 0.0510. The lowest BCUT2D eigenvalue weighted by atomic mass is 10.2. The molecule has 1 aromatic heterocycles. The van der Waals surface area contributed by atoms with Crippen LogP contribution in [0.3, 0.4) is 0 Å². The standard InChI is InChI=1S/C18H14ClFN2O3S/c1-24-16-6-5-11(7-14(16)19)15-10-26-18(21-15)22-17(23)9-25-13-4-2-3-12(20)8-13/h2-8,10H,9H2,1H3,(H,21,22,23). The molecule has 0 saturated heterocycles. The highest BCUT2D eigenvalue weighted by Crippen LogP contribution is 2.31. The van der Waals surface area contributed by atoms with Crippen LogP contribution in [0.5, 0.6) is 11.5 Å². The first-order valence-corrected chi connectivity index (χ1v) is 8.78. The second-order valence-corrected chi connectivity index (χ2v) is 6.45. The van der Waals surface area contributed by atoms with Crippen molar-refractivity contribution in [3.05, 3.63) is 58.7 Å². The molecule has 0 unspecified atom stereocenters. The number of amides is 1. The summed E-state index contributed by atoms with van der Waals surface area (Å²) in [7, 11) is 1.54. The molecule has 0 aliphatic carbocycles. The molecule has 8 heteroatoms. The third kappa shape index (κ3) is 4.50. The smallest absolute Gasteiger partial charge is 0.264 e. The molecular weight excluding hydrogens is 379 g/mol. The summed E-state index contributed by atoms with van der Waals surface area (Å²) >= 11 is 7.40. The summed E-state index contributed by atoms with van der Waals surface area (Å²) in [6, 6.07) is 10.9. The molecule has 0 fully saturated rings. The number of nitrogens with one attached hydrogen (secondary N) is 1. The number of anilines is 1. The lowest BCUT2D eigenvalue weighted by Gasteiger charge is -2.06. The number of hydrogen-bond donors (Lipinski definition) is 1. The molecule has 1 N–H and O–H groups in total. The Bertz CT molecular complexity index is 932. The zero-order valence-electron chi connectivity index (χ0n) is 13.7. The highest BCUT2D eigenvalue weighted by atomic mass is 35.5. The second-order valence-electron chi connectivity index (χ2n) is 5.18. The predicted octanol–water partition coefficient (Wildman–Crippen LogP) is 4.63. The van der Waals surface area contributed by atoms with Gasteiger partial charge in [-0.2, -0.15) is 0 Å². The summed E-state index contributed by atoms with van der Waals surface area (Å²) in [5, 5.41) is 5.36. The van der Waals surface area contributed by atoms with Gasteiger partial charge in [0.05, 0.1) is 17.8 Å². The highest BCUT2D eigenvalue weighted by Gasteiger charge is 2.10. The van der Waals surface area contributed by atoms with Crippen LogP contribution >= 0.6 is 22.9 Å². The Morgan fingerprint density at radius 1 is 1.31 bits per heavy atom. The third-order valence-electron chi connectivity index (χ3n) is 3.36. The molecule has 3 rings (SSSR count). The third-order valence-corrected chi connectivity index (χ3v) is 4.42. The van der Waals surface area contributed by atoms with Gasteiger partial charge in [0, 0.05) is 17.0 Å². The van der Waals surface area contributed by atoms with E-state index in [4.69, 9.17) is 21.1 Å². The van der Waals surface area contributed by atoms with Crippen LogP contribution in [0.2, 0.25) is 5.02 Å². The molecule has 1 amide bonds. The number of carbonyl (C=O) groups excluding carboxylic acids is 1. The largest absolute Gasteiger partial charge is 0.495 e. The summed E-state index contributed by atoms with van der Waals surface area (Å²) in [6.45, 7) is -0.243. The van der Waals surface area contributed by atoms with E-state index in [0.717, 1.165) is 5.56 Å². The van der Waals surface area contributed by atoms with E-state index >= 15 is 0 Å². The van der Waals surface area contributed by atoms with E-state index in [2.05, 4.69) is 10.3 Å². The Labute approximate surface area is 158 Å². The second kappa shape index (κ2) is 8.16. The molecule has 2 aromatic carbocycles. The topological polar surface area (TPSA) is 60.5 Å². The fraction of sp³-hybridized carbons (Fsp3) is 0.111. The predicted molar refractivity (Wildman–Crippen MR) is 99.6 cm³/mol. The first kappa shape index (κ1) is 18.2. The molecule has 0 aliphatic heterocycles. The normalized spacial score (nSPS) is 10.4. The van der Waals surface area contributed by atoms with E-state index in [0.29, 0.717) is 21.6 Å². The number of hydrogen-bond acceptors (Lipinski definition) is 5. The van der Waals surface area contributed by atoms with Crippen LogP contribution in [0, 0.1) is 5.82 Å². The molecule has 0 radical (unpaired) electrons. The Kier molecular flexibility index (Phi) is 5.70. The summed E-state index contributed by atoms with van der Waals surface area (Å²) < 4.78 is 23.4. The van der Waals surface area contributed by atoms with Crippen molar-refractivity contribution in [1.29, 1.82) is 0 Å². The number of ether oxygens (including phenoxy) is 2. The fourth-order valence-electron chi connectivity index (χ4n) is 2.15. The van der Waals surface area contributed by atoms with Crippen molar-refractivity contribution in [2.24, 2.45) is 0 Å². The number of thiazole rings is 1. The Balaban J connectivity index is 1.61. The Hall–Kier alpha value is -2.64. The molecule has 134 valence electrons. The van der Waals surface area contributed by atoms with Gasteiger partial charge < -0.3 is 9.47 Å². The van der Waals surface area contributed by atoms with Crippen LogP contribution < -0.4 is 14.8 Å². The minimum absolute atomic E-state index is 0.243. The van der Waals surface area contributed by atoms with Gasteiger partial charge in [-0.1, -0.05) is 17.7 Å². The number of aromatic nitrogens is 1. The van der Waals surface area contributed by atoms with Gasteiger partial charge in [0.25, 0.3) is 5.91 Å². The van der Waals surface area contributed by atoms with Gasteiger partial charge in [-0.25, -0.2) is 9.37 Å². The van der Waals surface area contributed by atoms with Gasteiger partial charge in [-0.05, 0) is 30.3 Å². The van der Waals surface area contributed by atoms with E-state index in [-0.39, 0.29) is 18.3 Å². The van der Waals surface area contributed by atoms with Crippen molar-refractivity contribution in [1.82, 2.24) is 4.98 Å². The lowest BCUT2D eigenvalue weighted by molar-refractivity contribution is -0.118. The van der Waals surface area contributed by atoms with Crippen molar-refractivity contribution in [2.45, 2.75) is 0 Å². The quantitative estimate of drug-likeness (QED) is 0.664. The van der Waals surface area contributed by atoms with Crippen molar-refractivity contribution in [3.63, 3.8) is 0 Å². The lowest BCUT2D eigenvalue weighted by Crippen LogP contribution is -2.20. The van der Waals surface area contributed by atoms with E-state index in [9.17, 15) is 9.18 Å². The molecule has 0 atom stereocenters. The molecule has 5 nitrogen and oxygen atoms in total. The number of rotatable bonds is 6. The zero-order valence-corrected chi connectivity index (χ0v) is 15.2. The van der Waals surface area contributed by atoms with E-state index in [1.165, 1.54) is 29.5 Å². The van der Waals surface area contributed by atoms with Crippen LogP contribution in [0.1, 0.15) is 0 Å². The van der Waals surface area contributed by atoms with E-state index < -0.39 is 5.82 Å². The number of nitrogens with zero attached hydrogens (tertiary/aromatic N) is 1. The average Bonchev–Trinajstić information content (AvgIpc) is 3.08. The molecule has 0 saturated carbocycles. The molecule has 3 aromatic rings. The van der Waals surface area contributed by atoms with Gasteiger partial charge in [-0.3, -0.25) is 10.1 Å². The van der Waals surface area contributed by atoms with Crippen molar-refractivity contribution in [3.8, 4) is 22.8 Å². The van der Waals surface area contributed by atoms with E-state index in [1.54, 1.807) is 30.7 Å². The van der Waals surface area contributed by atoms with E-state index in [1.807, 2.05) is 6.07 Å². The summed E-state index contributed by atoms with van der Waals surface area (Å²) in [4.78, 5) is 16.3. The molecule has 1 heterocycles. The monoisotopic (exact) mass is 392 g/mol. The molecule has 0 spiro atoms. The maximum atomic E-state index is 13.1. The molecule has 0 aliphatic rings. The van der Waals surface area contributed by atoms with Crippen LogP contribution in [0.4, 0.5) is 9.52 Å². The fourth-order valence-corrected chi connectivity index (χ4v) is 3.14. The van der Waals surface area contributed by atoms with Crippen molar-refractivity contribution >= 4 is 34.0 Å². The van der Waals surface area contributed by atoms with Crippen LogP contribution in [-0.4, -0.2) is 24.6 Å². The van der Waals surface area contributed by atoms with Crippen LogP contribution in [0.25, 0.3) is 11.3 Å². The highest BCUT2D eigenvalue weighted by molar-refractivity contribution is 7.14. The van der Waals surface area contributed by atoms with Gasteiger partial charge in [-0.15, -0.1) is 11.3 Å². The van der Waals surface area contributed by atoms with Crippen molar-refractivity contribution in [2.75, 3.05) is 19.0 Å².